The quantitative estimate of drug-likeness (QED) is 0.541. The van der Waals surface area contributed by atoms with Gasteiger partial charge in [-0.3, -0.25) is 4.79 Å². The number of carboxylic acids is 1. The number of aliphatic carboxylic acids is 1. The Kier molecular flexibility index (Phi) is 6.72. The minimum atomic E-state index is -1.19. The number of aromatic amines is 1. The number of nitrogens with one attached hydrogen (secondary N) is 3. The van der Waals surface area contributed by atoms with Crippen LogP contribution in [0, 0.1) is 0 Å². The summed E-state index contributed by atoms with van der Waals surface area (Å²) in [5.41, 5.74) is 1.38. The molecule has 1 heterocycles. The first kappa shape index (κ1) is 19.0. The molecule has 0 aliphatic heterocycles. The van der Waals surface area contributed by atoms with E-state index in [9.17, 15) is 19.5 Å². The van der Waals surface area contributed by atoms with Gasteiger partial charge in [-0.05, 0) is 5.56 Å². The summed E-state index contributed by atoms with van der Waals surface area (Å²) >= 11 is 0. The van der Waals surface area contributed by atoms with E-state index in [2.05, 4.69) is 25.3 Å². The molecule has 0 radical (unpaired) electrons. The smallest absolute Gasteiger partial charge is 0.407 e. The van der Waals surface area contributed by atoms with Crippen molar-refractivity contribution in [2.45, 2.75) is 24.9 Å². The lowest BCUT2D eigenvalue weighted by Gasteiger charge is -2.21. The lowest BCUT2D eigenvalue weighted by molar-refractivity contribution is -0.142. The predicted molar refractivity (Wildman–Crippen MR) is 91.3 cm³/mol. The van der Waals surface area contributed by atoms with Crippen LogP contribution in [-0.4, -0.2) is 52.2 Å². The minimum Gasteiger partial charge on any atom is -0.480 e. The number of amides is 2. The van der Waals surface area contributed by atoms with E-state index in [1.54, 1.807) is 24.3 Å². The van der Waals surface area contributed by atoms with Gasteiger partial charge in [-0.1, -0.05) is 30.3 Å². The van der Waals surface area contributed by atoms with E-state index in [-0.39, 0.29) is 12.8 Å². The van der Waals surface area contributed by atoms with Crippen molar-refractivity contribution < 1.29 is 24.2 Å². The van der Waals surface area contributed by atoms with Gasteiger partial charge in [0.25, 0.3) is 0 Å². The number of benzene rings is 1. The first-order valence-corrected chi connectivity index (χ1v) is 7.88. The number of ether oxygens (including phenoxy) is 1. The molecule has 0 saturated carbocycles. The molecule has 0 aliphatic rings. The van der Waals surface area contributed by atoms with Crippen LogP contribution in [0.4, 0.5) is 4.79 Å². The summed E-state index contributed by atoms with van der Waals surface area (Å²) in [6, 6.07) is 6.91. The van der Waals surface area contributed by atoms with Crippen molar-refractivity contribution in [1.82, 2.24) is 20.6 Å². The van der Waals surface area contributed by atoms with E-state index >= 15 is 0 Å². The monoisotopic (exact) mass is 360 g/mol. The molecule has 9 heteroatoms. The van der Waals surface area contributed by atoms with Gasteiger partial charge >= 0.3 is 12.1 Å². The second kappa shape index (κ2) is 9.21. The Morgan fingerprint density at radius 2 is 1.88 bits per heavy atom. The molecule has 0 bridgehead atoms. The van der Waals surface area contributed by atoms with E-state index in [4.69, 9.17) is 0 Å². The van der Waals surface area contributed by atoms with Crippen molar-refractivity contribution in [3.8, 4) is 0 Å². The summed E-state index contributed by atoms with van der Waals surface area (Å²) in [4.78, 5) is 42.2. The molecule has 4 N–H and O–H groups in total. The summed E-state index contributed by atoms with van der Waals surface area (Å²) in [6.45, 7) is 0. The zero-order valence-electron chi connectivity index (χ0n) is 14.1. The highest BCUT2D eigenvalue weighted by atomic mass is 16.5. The first-order chi connectivity index (χ1) is 12.5. The number of carboxylic acid groups (broad SMARTS) is 1. The molecular weight excluding hydrogens is 340 g/mol. The van der Waals surface area contributed by atoms with Crippen molar-refractivity contribution in [1.29, 1.82) is 0 Å². The fourth-order valence-corrected chi connectivity index (χ4v) is 2.35. The zero-order valence-corrected chi connectivity index (χ0v) is 14.1. The van der Waals surface area contributed by atoms with Crippen molar-refractivity contribution in [3.05, 3.63) is 54.1 Å². The van der Waals surface area contributed by atoms with Gasteiger partial charge in [-0.2, -0.15) is 0 Å². The van der Waals surface area contributed by atoms with Gasteiger partial charge in [-0.15, -0.1) is 0 Å². The average molecular weight is 360 g/mol. The molecule has 0 spiro atoms. The number of imidazole rings is 1. The number of carbonyl (C=O) groups is 3. The van der Waals surface area contributed by atoms with E-state index in [1.807, 2.05) is 6.07 Å². The van der Waals surface area contributed by atoms with Gasteiger partial charge in [0, 0.05) is 24.7 Å². The number of carbonyl (C=O) groups excluding carboxylic acids is 2. The second-order valence-corrected chi connectivity index (χ2v) is 5.56. The number of H-pyrrole nitrogens is 1. The first-order valence-electron chi connectivity index (χ1n) is 7.88. The van der Waals surface area contributed by atoms with Gasteiger partial charge in [0.1, 0.15) is 12.1 Å². The fourth-order valence-electron chi connectivity index (χ4n) is 2.35. The fraction of sp³-hybridized carbons (Fsp3) is 0.294. The Morgan fingerprint density at radius 3 is 2.46 bits per heavy atom. The topological polar surface area (TPSA) is 133 Å². The summed E-state index contributed by atoms with van der Waals surface area (Å²) in [6.07, 6.45) is 2.36. The summed E-state index contributed by atoms with van der Waals surface area (Å²) in [5, 5.41) is 14.2. The van der Waals surface area contributed by atoms with Crippen LogP contribution in [0.1, 0.15) is 11.3 Å². The third kappa shape index (κ3) is 5.62. The van der Waals surface area contributed by atoms with E-state index in [0.29, 0.717) is 5.69 Å². The van der Waals surface area contributed by atoms with Crippen LogP contribution in [0.3, 0.4) is 0 Å². The van der Waals surface area contributed by atoms with E-state index < -0.39 is 30.1 Å². The van der Waals surface area contributed by atoms with Crippen molar-refractivity contribution in [3.63, 3.8) is 0 Å². The number of hydrogen-bond donors (Lipinski definition) is 4. The maximum Gasteiger partial charge on any atom is 0.407 e. The average Bonchev–Trinajstić information content (AvgIpc) is 3.14. The summed E-state index contributed by atoms with van der Waals surface area (Å²) < 4.78 is 4.55. The molecule has 0 saturated heterocycles. The van der Waals surface area contributed by atoms with Crippen LogP contribution in [0.25, 0.3) is 0 Å². The van der Waals surface area contributed by atoms with E-state index in [1.165, 1.54) is 19.6 Å². The highest BCUT2D eigenvalue weighted by molar-refractivity contribution is 5.89. The molecule has 0 unspecified atom stereocenters. The molecule has 2 aromatic rings. The molecule has 1 aromatic heterocycles. The second-order valence-electron chi connectivity index (χ2n) is 5.56. The van der Waals surface area contributed by atoms with Gasteiger partial charge < -0.3 is 25.5 Å². The maximum absolute atomic E-state index is 12.6. The lowest BCUT2D eigenvalue weighted by Crippen LogP contribution is -2.53. The minimum absolute atomic E-state index is 0.0390. The van der Waals surface area contributed by atoms with Gasteiger partial charge in [-0.25, -0.2) is 14.6 Å². The number of alkyl carbamates (subject to hydrolysis) is 1. The molecule has 1 aromatic carbocycles. The number of rotatable bonds is 8. The van der Waals surface area contributed by atoms with E-state index in [0.717, 1.165) is 5.56 Å². The maximum atomic E-state index is 12.6. The van der Waals surface area contributed by atoms with Crippen LogP contribution in [-0.2, 0) is 27.2 Å². The lowest BCUT2D eigenvalue weighted by atomic mass is 10.0. The number of methoxy groups -OCH3 is 1. The Morgan fingerprint density at radius 1 is 1.15 bits per heavy atom. The zero-order chi connectivity index (χ0) is 18.9. The molecule has 0 aliphatic carbocycles. The Bertz CT molecular complexity index is 733. The Labute approximate surface area is 149 Å². The molecular formula is C17H20N4O5. The predicted octanol–water partition coefficient (Wildman–Crippen LogP) is 0.489. The van der Waals surface area contributed by atoms with Gasteiger partial charge in [0.05, 0.1) is 13.4 Å². The van der Waals surface area contributed by atoms with Crippen LogP contribution < -0.4 is 10.6 Å². The normalized spacial score (nSPS) is 12.7. The third-order valence-electron chi connectivity index (χ3n) is 3.67. The molecule has 2 rings (SSSR count). The molecule has 2 amide bonds. The summed E-state index contributed by atoms with van der Waals surface area (Å²) in [5.74, 6) is -1.81. The summed E-state index contributed by atoms with van der Waals surface area (Å²) in [7, 11) is 1.19. The SMILES string of the molecule is COC(=O)N[C@@H](Cc1ccccc1)C(=O)N[C@@H](Cc1cnc[nH]1)C(=O)O. The van der Waals surface area contributed by atoms with Crippen molar-refractivity contribution >= 4 is 18.0 Å². The number of aromatic nitrogens is 2. The molecule has 9 nitrogen and oxygen atoms in total. The van der Waals surface area contributed by atoms with Crippen molar-refractivity contribution in [2.75, 3.05) is 7.11 Å². The molecule has 26 heavy (non-hydrogen) atoms. The highest BCUT2D eigenvalue weighted by Crippen LogP contribution is 2.06. The van der Waals surface area contributed by atoms with Crippen molar-refractivity contribution in [2.24, 2.45) is 0 Å². The largest absolute Gasteiger partial charge is 0.480 e. The third-order valence-corrected chi connectivity index (χ3v) is 3.67. The Balaban J connectivity index is 2.09. The highest BCUT2D eigenvalue weighted by Gasteiger charge is 2.27. The van der Waals surface area contributed by atoms with Gasteiger partial charge in [0.15, 0.2) is 0 Å². The molecule has 138 valence electrons. The van der Waals surface area contributed by atoms with Gasteiger partial charge in [0.2, 0.25) is 5.91 Å². The van der Waals surface area contributed by atoms with Crippen LogP contribution in [0.15, 0.2) is 42.9 Å². The van der Waals surface area contributed by atoms with Crippen LogP contribution in [0.2, 0.25) is 0 Å². The molecule has 2 atom stereocenters. The number of nitrogens with zero attached hydrogens (tertiary/aromatic N) is 1. The Hall–Kier alpha value is -3.36. The standard InChI is InChI=1S/C17H20N4O5/c1-26-17(25)21-13(7-11-5-3-2-4-6-11)15(22)20-14(16(23)24)8-12-9-18-10-19-12/h2-6,9-10,13-14H,7-8H2,1H3,(H,18,19)(H,20,22)(H,21,25)(H,23,24)/t13-,14-/m0/s1. The number of hydrogen-bond acceptors (Lipinski definition) is 5. The van der Waals surface area contributed by atoms with Crippen LogP contribution in [0.5, 0.6) is 0 Å². The van der Waals surface area contributed by atoms with Crippen LogP contribution >= 0.6 is 0 Å². The molecule has 0 fully saturated rings.